The first kappa shape index (κ1) is 14.4. The van der Waals surface area contributed by atoms with E-state index in [0.29, 0.717) is 6.04 Å². The number of rotatable bonds is 5. The number of hydrogen-bond donors (Lipinski definition) is 0. The van der Waals surface area contributed by atoms with Gasteiger partial charge in [0.2, 0.25) is 0 Å². The number of thioether (sulfide) groups is 1. The number of halogens is 1. The molecule has 2 nitrogen and oxygen atoms in total. The minimum absolute atomic E-state index is 0.464. The van der Waals surface area contributed by atoms with Crippen LogP contribution in [0.4, 0.5) is 5.69 Å². The van der Waals surface area contributed by atoms with E-state index in [1.165, 1.54) is 0 Å². The van der Waals surface area contributed by atoms with Crippen LogP contribution in [0.25, 0.3) is 0 Å². The highest BCUT2D eigenvalue weighted by atomic mass is 79.9. The molecule has 1 rings (SSSR count). The summed E-state index contributed by atoms with van der Waals surface area (Å²) in [5.41, 5.74) is 1.72. The van der Waals surface area contributed by atoms with E-state index in [1.54, 1.807) is 0 Å². The van der Waals surface area contributed by atoms with Gasteiger partial charge in [0.25, 0.3) is 0 Å². The molecule has 92 valence electrons. The summed E-state index contributed by atoms with van der Waals surface area (Å²) in [4.78, 5) is 2.21. The van der Waals surface area contributed by atoms with Crippen molar-refractivity contribution < 1.29 is 0 Å². The molecule has 0 fully saturated rings. The molecular formula is C13H17BrN2S. The molecule has 0 aliphatic rings. The summed E-state index contributed by atoms with van der Waals surface area (Å²) in [6.07, 6.45) is 3.19. The minimum Gasteiger partial charge on any atom is -0.370 e. The maximum Gasteiger partial charge on any atom is 0.103 e. The fourth-order valence-electron chi connectivity index (χ4n) is 1.81. The molecule has 1 aromatic carbocycles. The number of nitriles is 1. The molecule has 0 saturated carbocycles. The standard InChI is InChI=1S/C13H17BrN2S/c1-4-10(9-17-3)16(2)13-7-5-6-12(14)11(13)8-15/h5-7,10H,4,9H2,1-3H3. The fourth-order valence-corrected chi connectivity index (χ4v) is 3.10. The molecule has 17 heavy (non-hydrogen) atoms. The van der Waals surface area contributed by atoms with Gasteiger partial charge in [0.05, 0.1) is 11.3 Å². The Balaban J connectivity index is 3.07. The van der Waals surface area contributed by atoms with Crippen LogP contribution < -0.4 is 4.90 Å². The highest BCUT2D eigenvalue weighted by Gasteiger charge is 2.16. The van der Waals surface area contributed by atoms with Crippen molar-refractivity contribution in [2.24, 2.45) is 0 Å². The van der Waals surface area contributed by atoms with Gasteiger partial charge in [-0.3, -0.25) is 0 Å². The van der Waals surface area contributed by atoms with Gasteiger partial charge in [-0.25, -0.2) is 0 Å². The van der Waals surface area contributed by atoms with Gasteiger partial charge in [0.1, 0.15) is 6.07 Å². The van der Waals surface area contributed by atoms with Crippen molar-refractivity contribution in [2.75, 3.05) is 24.0 Å². The van der Waals surface area contributed by atoms with Crippen LogP contribution in [-0.4, -0.2) is 25.1 Å². The van der Waals surface area contributed by atoms with Crippen LogP contribution in [0.3, 0.4) is 0 Å². The Morgan fingerprint density at radius 2 is 2.24 bits per heavy atom. The summed E-state index contributed by atoms with van der Waals surface area (Å²) in [5, 5.41) is 9.22. The molecule has 1 unspecified atom stereocenters. The lowest BCUT2D eigenvalue weighted by Gasteiger charge is -2.29. The Bertz CT molecular complexity index is 414. The molecule has 0 bridgehead atoms. The van der Waals surface area contributed by atoms with Crippen molar-refractivity contribution in [3.8, 4) is 6.07 Å². The Labute approximate surface area is 116 Å². The van der Waals surface area contributed by atoms with Gasteiger partial charge in [-0.05, 0) is 40.7 Å². The van der Waals surface area contributed by atoms with Crippen LogP contribution in [0.2, 0.25) is 0 Å². The highest BCUT2D eigenvalue weighted by molar-refractivity contribution is 9.10. The zero-order chi connectivity index (χ0) is 12.8. The first-order valence-corrected chi connectivity index (χ1v) is 7.74. The van der Waals surface area contributed by atoms with Crippen molar-refractivity contribution in [1.82, 2.24) is 0 Å². The predicted molar refractivity (Wildman–Crippen MR) is 79.7 cm³/mol. The largest absolute Gasteiger partial charge is 0.370 e. The highest BCUT2D eigenvalue weighted by Crippen LogP contribution is 2.28. The number of anilines is 1. The lowest BCUT2D eigenvalue weighted by atomic mass is 10.1. The van der Waals surface area contributed by atoms with Crippen LogP contribution in [-0.2, 0) is 0 Å². The van der Waals surface area contributed by atoms with Gasteiger partial charge in [-0.1, -0.05) is 13.0 Å². The zero-order valence-corrected chi connectivity index (χ0v) is 12.8. The monoisotopic (exact) mass is 312 g/mol. The van der Waals surface area contributed by atoms with E-state index in [-0.39, 0.29) is 0 Å². The van der Waals surface area contributed by atoms with Gasteiger partial charge in [0.15, 0.2) is 0 Å². The lowest BCUT2D eigenvalue weighted by Crippen LogP contribution is -2.33. The zero-order valence-electron chi connectivity index (χ0n) is 10.4. The summed E-state index contributed by atoms with van der Waals surface area (Å²) in [6, 6.07) is 8.62. The molecule has 0 radical (unpaired) electrons. The van der Waals surface area contributed by atoms with E-state index in [2.05, 4.69) is 47.1 Å². The van der Waals surface area contributed by atoms with Gasteiger partial charge in [0, 0.05) is 23.3 Å². The Morgan fingerprint density at radius 3 is 2.76 bits per heavy atom. The Kier molecular flexibility index (Phi) is 5.87. The first-order chi connectivity index (χ1) is 8.15. The van der Waals surface area contributed by atoms with E-state index < -0.39 is 0 Å². The smallest absolute Gasteiger partial charge is 0.103 e. The Hall–Kier alpha value is -0.660. The second kappa shape index (κ2) is 6.93. The normalized spacial score (nSPS) is 11.9. The van der Waals surface area contributed by atoms with E-state index in [4.69, 9.17) is 0 Å². The molecule has 4 heteroatoms. The second-order valence-electron chi connectivity index (χ2n) is 3.87. The third-order valence-electron chi connectivity index (χ3n) is 2.86. The van der Waals surface area contributed by atoms with E-state index in [1.807, 2.05) is 30.0 Å². The van der Waals surface area contributed by atoms with Crippen molar-refractivity contribution in [3.05, 3.63) is 28.2 Å². The fraction of sp³-hybridized carbons (Fsp3) is 0.462. The molecule has 0 heterocycles. The van der Waals surface area contributed by atoms with E-state index in [9.17, 15) is 5.26 Å². The summed E-state index contributed by atoms with van der Waals surface area (Å²) < 4.78 is 0.864. The molecule has 1 aromatic rings. The maximum absolute atomic E-state index is 9.22. The molecule has 0 aliphatic heterocycles. The number of nitrogens with zero attached hydrogens (tertiary/aromatic N) is 2. The molecule has 0 aliphatic carbocycles. The number of benzene rings is 1. The molecule has 0 saturated heterocycles. The van der Waals surface area contributed by atoms with Gasteiger partial charge in [-0.2, -0.15) is 17.0 Å². The summed E-state index contributed by atoms with van der Waals surface area (Å²) in [7, 11) is 2.06. The molecular weight excluding hydrogens is 296 g/mol. The third kappa shape index (κ3) is 3.40. The molecule has 0 amide bonds. The maximum atomic E-state index is 9.22. The topological polar surface area (TPSA) is 27.0 Å². The van der Waals surface area contributed by atoms with Crippen LogP contribution >= 0.6 is 27.7 Å². The summed E-state index contributed by atoms with van der Waals surface area (Å²) in [5.74, 6) is 1.07. The Morgan fingerprint density at radius 1 is 1.53 bits per heavy atom. The van der Waals surface area contributed by atoms with E-state index in [0.717, 1.165) is 27.9 Å². The van der Waals surface area contributed by atoms with Gasteiger partial charge >= 0.3 is 0 Å². The summed E-state index contributed by atoms with van der Waals surface area (Å²) >= 11 is 5.27. The molecule has 0 spiro atoms. The first-order valence-electron chi connectivity index (χ1n) is 5.56. The molecule has 0 N–H and O–H groups in total. The van der Waals surface area contributed by atoms with E-state index >= 15 is 0 Å². The van der Waals surface area contributed by atoms with Crippen molar-refractivity contribution >= 4 is 33.4 Å². The average molecular weight is 313 g/mol. The number of hydrogen-bond acceptors (Lipinski definition) is 3. The summed E-state index contributed by atoms with van der Waals surface area (Å²) in [6.45, 7) is 2.18. The van der Waals surface area contributed by atoms with Gasteiger partial charge in [-0.15, -0.1) is 0 Å². The minimum atomic E-state index is 0.464. The van der Waals surface area contributed by atoms with Crippen LogP contribution in [0, 0.1) is 11.3 Å². The van der Waals surface area contributed by atoms with Crippen LogP contribution in [0.5, 0.6) is 0 Å². The average Bonchev–Trinajstić information content (AvgIpc) is 2.34. The molecule has 0 aromatic heterocycles. The second-order valence-corrected chi connectivity index (χ2v) is 5.64. The van der Waals surface area contributed by atoms with Crippen molar-refractivity contribution in [2.45, 2.75) is 19.4 Å². The van der Waals surface area contributed by atoms with Crippen LogP contribution in [0.15, 0.2) is 22.7 Å². The van der Waals surface area contributed by atoms with Crippen molar-refractivity contribution in [1.29, 1.82) is 5.26 Å². The quantitative estimate of drug-likeness (QED) is 0.825. The molecule has 1 atom stereocenters. The lowest BCUT2D eigenvalue weighted by molar-refractivity contribution is 0.672. The predicted octanol–water partition coefficient (Wildman–Crippen LogP) is 3.90. The van der Waals surface area contributed by atoms with Crippen molar-refractivity contribution in [3.63, 3.8) is 0 Å². The SMILES string of the molecule is CCC(CSC)N(C)c1cccc(Br)c1C#N. The van der Waals surface area contributed by atoms with Crippen LogP contribution in [0.1, 0.15) is 18.9 Å². The third-order valence-corrected chi connectivity index (χ3v) is 4.24. The van der Waals surface area contributed by atoms with Gasteiger partial charge < -0.3 is 4.90 Å².